The quantitative estimate of drug-likeness (QED) is 0.611. The maximum Gasteiger partial charge on any atom is 0.253 e. The Morgan fingerprint density at radius 2 is 1.82 bits per heavy atom. The number of nitrogens with zero attached hydrogens (tertiary/aromatic N) is 1. The van der Waals surface area contributed by atoms with E-state index in [2.05, 4.69) is 10.6 Å². The van der Waals surface area contributed by atoms with Crippen molar-refractivity contribution in [2.24, 2.45) is 0 Å². The van der Waals surface area contributed by atoms with Crippen LogP contribution in [0.5, 0.6) is 0 Å². The van der Waals surface area contributed by atoms with Gasteiger partial charge in [0, 0.05) is 25.3 Å². The maximum atomic E-state index is 12.1. The molecule has 0 radical (unpaired) electrons. The average Bonchev–Trinajstić information content (AvgIpc) is 3.12. The van der Waals surface area contributed by atoms with Crippen molar-refractivity contribution in [1.29, 1.82) is 0 Å². The summed E-state index contributed by atoms with van der Waals surface area (Å²) in [6, 6.07) is 10.3. The fourth-order valence-corrected chi connectivity index (χ4v) is 2.97. The molecule has 1 amide bonds. The van der Waals surface area contributed by atoms with Gasteiger partial charge < -0.3 is 20.0 Å². The molecule has 146 valence electrons. The molecule has 0 aliphatic rings. The first-order valence-corrected chi connectivity index (χ1v) is 9.06. The minimum atomic E-state index is -0.586. The second kappa shape index (κ2) is 7.72. The number of amides is 1. The first kappa shape index (κ1) is 19.4. The monoisotopic (exact) mass is 381 g/mol. The standard InChI is InChI=1S/C21H23N3O4/c1-5-15(16-10-9-12(2)28-16)23-18-17(19(25)20(18)26)22-14-8-6-7-13(11-14)21(27)24(3)4/h6-11,15,22-23H,5H2,1-4H3/t15-/m1/s1. The van der Waals surface area contributed by atoms with E-state index in [0.717, 1.165) is 5.76 Å². The molecule has 0 unspecified atom stereocenters. The van der Waals surface area contributed by atoms with Crippen LogP contribution in [0.25, 0.3) is 0 Å². The second-order valence-corrected chi connectivity index (χ2v) is 6.87. The SMILES string of the molecule is CC[C@@H](Nc1c(Nc2cccc(C(=O)N(C)C)c2)c(=O)c1=O)c1ccc(C)o1. The van der Waals surface area contributed by atoms with Gasteiger partial charge in [0.1, 0.15) is 22.9 Å². The van der Waals surface area contributed by atoms with Gasteiger partial charge >= 0.3 is 0 Å². The fraction of sp³-hybridized carbons (Fsp3) is 0.286. The van der Waals surface area contributed by atoms with Gasteiger partial charge in [-0.15, -0.1) is 0 Å². The number of benzene rings is 1. The van der Waals surface area contributed by atoms with Crippen LogP contribution in [-0.2, 0) is 0 Å². The van der Waals surface area contributed by atoms with Gasteiger partial charge in [-0.25, -0.2) is 0 Å². The summed E-state index contributed by atoms with van der Waals surface area (Å²) in [5.74, 6) is 1.34. The minimum Gasteiger partial charge on any atom is -0.464 e. The van der Waals surface area contributed by atoms with Crippen molar-refractivity contribution in [3.63, 3.8) is 0 Å². The summed E-state index contributed by atoms with van der Waals surface area (Å²) in [4.78, 5) is 37.8. The van der Waals surface area contributed by atoms with E-state index < -0.39 is 10.9 Å². The molecule has 0 aliphatic carbocycles. The van der Waals surface area contributed by atoms with Crippen molar-refractivity contribution in [3.8, 4) is 0 Å². The van der Waals surface area contributed by atoms with Gasteiger partial charge in [0.15, 0.2) is 0 Å². The molecule has 0 saturated carbocycles. The molecule has 1 aromatic heterocycles. The Morgan fingerprint density at radius 1 is 1.11 bits per heavy atom. The zero-order chi connectivity index (χ0) is 20.4. The summed E-state index contributed by atoms with van der Waals surface area (Å²) < 4.78 is 5.64. The Labute approximate surface area is 162 Å². The Morgan fingerprint density at radius 3 is 2.43 bits per heavy atom. The lowest BCUT2D eigenvalue weighted by Crippen LogP contribution is -2.37. The fourth-order valence-electron chi connectivity index (χ4n) is 2.97. The van der Waals surface area contributed by atoms with Gasteiger partial charge in [-0.1, -0.05) is 13.0 Å². The molecule has 0 spiro atoms. The highest BCUT2D eigenvalue weighted by molar-refractivity contribution is 5.95. The van der Waals surface area contributed by atoms with Gasteiger partial charge in [0.25, 0.3) is 16.8 Å². The lowest BCUT2D eigenvalue weighted by molar-refractivity contribution is 0.0827. The van der Waals surface area contributed by atoms with Crippen LogP contribution in [0, 0.1) is 6.92 Å². The summed E-state index contributed by atoms with van der Waals surface area (Å²) in [6.07, 6.45) is 0.679. The highest BCUT2D eigenvalue weighted by atomic mass is 16.3. The number of carbonyl (C=O) groups excluding carboxylic acids is 1. The number of hydrogen-bond acceptors (Lipinski definition) is 6. The van der Waals surface area contributed by atoms with Crippen LogP contribution < -0.4 is 21.5 Å². The molecule has 0 bridgehead atoms. The van der Waals surface area contributed by atoms with Gasteiger partial charge in [-0.3, -0.25) is 14.4 Å². The van der Waals surface area contributed by atoms with Crippen molar-refractivity contribution in [3.05, 3.63) is 73.9 Å². The van der Waals surface area contributed by atoms with Gasteiger partial charge in [0.2, 0.25) is 0 Å². The van der Waals surface area contributed by atoms with E-state index in [4.69, 9.17) is 4.42 Å². The summed E-state index contributed by atoms with van der Waals surface area (Å²) >= 11 is 0. The van der Waals surface area contributed by atoms with Crippen molar-refractivity contribution in [2.75, 3.05) is 24.7 Å². The van der Waals surface area contributed by atoms with E-state index in [9.17, 15) is 14.4 Å². The van der Waals surface area contributed by atoms with Crippen molar-refractivity contribution >= 4 is 23.0 Å². The molecule has 1 heterocycles. The molecule has 7 heteroatoms. The molecule has 0 saturated heterocycles. The molecule has 0 fully saturated rings. The Bertz CT molecular complexity index is 1070. The van der Waals surface area contributed by atoms with Gasteiger partial charge in [-0.05, 0) is 43.7 Å². The number of hydrogen-bond donors (Lipinski definition) is 2. The summed E-state index contributed by atoms with van der Waals surface area (Å²) in [5.41, 5.74) is 0.323. The first-order valence-electron chi connectivity index (χ1n) is 9.06. The first-order chi connectivity index (χ1) is 13.3. The largest absolute Gasteiger partial charge is 0.464 e. The maximum absolute atomic E-state index is 12.1. The lowest BCUT2D eigenvalue weighted by atomic mass is 10.1. The molecule has 28 heavy (non-hydrogen) atoms. The third-order valence-electron chi connectivity index (χ3n) is 4.53. The highest BCUT2D eigenvalue weighted by Gasteiger charge is 2.25. The molecule has 3 rings (SSSR count). The van der Waals surface area contributed by atoms with E-state index >= 15 is 0 Å². The Balaban J connectivity index is 1.84. The zero-order valence-corrected chi connectivity index (χ0v) is 16.3. The van der Waals surface area contributed by atoms with Gasteiger partial charge in [0.05, 0.1) is 6.04 Å². The number of rotatable bonds is 7. The van der Waals surface area contributed by atoms with E-state index in [1.807, 2.05) is 26.0 Å². The molecule has 1 atom stereocenters. The van der Waals surface area contributed by atoms with Crippen LogP contribution in [0.3, 0.4) is 0 Å². The molecular weight excluding hydrogens is 358 g/mol. The molecule has 2 N–H and O–H groups in total. The zero-order valence-electron chi connectivity index (χ0n) is 16.3. The number of carbonyl (C=O) groups is 1. The number of nitrogens with one attached hydrogen (secondary N) is 2. The molecular formula is C21H23N3O4. The van der Waals surface area contributed by atoms with Crippen LogP contribution in [0.2, 0.25) is 0 Å². The van der Waals surface area contributed by atoms with Crippen LogP contribution in [0.1, 0.15) is 41.3 Å². The average molecular weight is 381 g/mol. The van der Waals surface area contributed by atoms with Crippen LogP contribution >= 0.6 is 0 Å². The van der Waals surface area contributed by atoms with Crippen molar-refractivity contribution < 1.29 is 9.21 Å². The number of aryl methyl sites for hydroxylation is 1. The van der Waals surface area contributed by atoms with Crippen LogP contribution in [0.15, 0.2) is 50.4 Å². The third kappa shape index (κ3) is 3.69. The summed E-state index contributed by atoms with van der Waals surface area (Å²) in [5, 5.41) is 6.09. The normalized spacial score (nSPS) is 12.0. The van der Waals surface area contributed by atoms with Crippen LogP contribution in [0.4, 0.5) is 17.1 Å². The Hall–Kier alpha value is -3.35. The van der Waals surface area contributed by atoms with Gasteiger partial charge in [-0.2, -0.15) is 0 Å². The summed E-state index contributed by atoms with van der Waals surface area (Å²) in [6.45, 7) is 3.81. The Kier molecular flexibility index (Phi) is 5.35. The number of furan rings is 1. The minimum absolute atomic E-state index is 0.147. The van der Waals surface area contributed by atoms with E-state index in [1.54, 1.807) is 38.4 Å². The predicted molar refractivity (Wildman–Crippen MR) is 109 cm³/mol. The van der Waals surface area contributed by atoms with Crippen molar-refractivity contribution in [2.45, 2.75) is 26.3 Å². The van der Waals surface area contributed by atoms with E-state index in [-0.39, 0.29) is 23.3 Å². The van der Waals surface area contributed by atoms with Crippen molar-refractivity contribution in [1.82, 2.24) is 4.90 Å². The predicted octanol–water partition coefficient (Wildman–Crippen LogP) is 3.19. The van der Waals surface area contributed by atoms with E-state index in [0.29, 0.717) is 23.4 Å². The summed E-state index contributed by atoms with van der Waals surface area (Å²) in [7, 11) is 3.34. The third-order valence-corrected chi connectivity index (χ3v) is 4.53. The molecule has 2 aromatic carbocycles. The second-order valence-electron chi connectivity index (χ2n) is 6.87. The highest BCUT2D eigenvalue weighted by Crippen LogP contribution is 2.28. The lowest BCUT2D eigenvalue weighted by Gasteiger charge is -2.20. The smallest absolute Gasteiger partial charge is 0.253 e. The number of anilines is 3. The molecule has 0 aliphatic heterocycles. The topological polar surface area (TPSA) is 91.6 Å². The molecule has 3 aromatic rings. The molecule has 7 nitrogen and oxygen atoms in total. The van der Waals surface area contributed by atoms with Crippen LogP contribution in [-0.4, -0.2) is 24.9 Å². The van der Waals surface area contributed by atoms with E-state index in [1.165, 1.54) is 4.90 Å².